The highest BCUT2D eigenvalue weighted by molar-refractivity contribution is 7.92. The maximum absolute atomic E-state index is 13.8. The molecule has 8 nitrogen and oxygen atoms in total. The number of methoxy groups -OCH3 is 1. The van der Waals surface area contributed by atoms with Crippen LogP contribution in [0.2, 0.25) is 5.02 Å². The van der Waals surface area contributed by atoms with E-state index >= 15 is 0 Å². The van der Waals surface area contributed by atoms with E-state index in [0.29, 0.717) is 17.3 Å². The van der Waals surface area contributed by atoms with Crippen molar-refractivity contribution in [2.24, 2.45) is 0 Å². The number of nitrogens with one attached hydrogen (secondary N) is 1. The Hall–Kier alpha value is -3.56. The van der Waals surface area contributed by atoms with Crippen molar-refractivity contribution < 1.29 is 22.7 Å². The van der Waals surface area contributed by atoms with E-state index in [0.717, 1.165) is 15.4 Å². The molecular formula is C28H32ClN3O5S. The summed E-state index contributed by atoms with van der Waals surface area (Å²) in [6.07, 6.45) is 0. The number of benzene rings is 3. The van der Waals surface area contributed by atoms with Gasteiger partial charge in [-0.2, -0.15) is 0 Å². The Kier molecular flexibility index (Phi) is 9.77. The number of sulfonamides is 1. The van der Waals surface area contributed by atoms with Gasteiger partial charge in [-0.1, -0.05) is 41.4 Å². The molecule has 0 aliphatic heterocycles. The molecule has 202 valence electrons. The first kappa shape index (κ1) is 29.0. The van der Waals surface area contributed by atoms with Gasteiger partial charge in [-0.3, -0.25) is 13.9 Å². The van der Waals surface area contributed by atoms with Gasteiger partial charge in [-0.15, -0.1) is 0 Å². The predicted molar refractivity (Wildman–Crippen MR) is 149 cm³/mol. The third-order valence-electron chi connectivity index (χ3n) is 5.99. The van der Waals surface area contributed by atoms with Gasteiger partial charge < -0.3 is 15.0 Å². The molecule has 0 saturated carbocycles. The van der Waals surface area contributed by atoms with Crippen LogP contribution in [0.4, 0.5) is 5.69 Å². The number of carbonyl (C=O) groups excluding carboxylic acids is 2. The van der Waals surface area contributed by atoms with Crippen molar-refractivity contribution in [3.05, 3.63) is 88.9 Å². The number of hydrogen-bond acceptors (Lipinski definition) is 5. The van der Waals surface area contributed by atoms with Crippen LogP contribution in [0.3, 0.4) is 0 Å². The molecule has 0 bridgehead atoms. The Morgan fingerprint density at radius 1 is 1.03 bits per heavy atom. The van der Waals surface area contributed by atoms with Crippen molar-refractivity contribution in [3.8, 4) is 5.75 Å². The lowest BCUT2D eigenvalue weighted by molar-refractivity contribution is -0.139. The first-order chi connectivity index (χ1) is 18.1. The average molecular weight is 558 g/mol. The maximum Gasteiger partial charge on any atom is 0.264 e. The number of amides is 2. The highest BCUT2D eigenvalue weighted by Crippen LogP contribution is 2.27. The van der Waals surface area contributed by atoms with Crippen LogP contribution < -0.4 is 14.4 Å². The normalized spacial score (nSPS) is 11.9. The molecule has 0 aromatic heterocycles. The smallest absolute Gasteiger partial charge is 0.264 e. The second-order valence-corrected chi connectivity index (χ2v) is 11.0. The van der Waals surface area contributed by atoms with Crippen molar-refractivity contribution in [2.45, 2.75) is 38.3 Å². The molecule has 10 heteroatoms. The minimum atomic E-state index is -4.17. The van der Waals surface area contributed by atoms with Crippen LogP contribution in [0.15, 0.2) is 77.7 Å². The van der Waals surface area contributed by atoms with Crippen LogP contribution in [0.1, 0.15) is 25.0 Å². The molecule has 0 radical (unpaired) electrons. The first-order valence-electron chi connectivity index (χ1n) is 12.1. The Balaban J connectivity index is 2.02. The monoisotopic (exact) mass is 557 g/mol. The molecule has 1 N–H and O–H groups in total. The van der Waals surface area contributed by atoms with Crippen LogP contribution in [-0.4, -0.2) is 51.4 Å². The van der Waals surface area contributed by atoms with Crippen LogP contribution in [0.5, 0.6) is 5.75 Å². The van der Waals surface area contributed by atoms with E-state index in [1.165, 1.54) is 48.4 Å². The van der Waals surface area contributed by atoms with Crippen molar-refractivity contribution in [3.63, 3.8) is 0 Å². The fourth-order valence-corrected chi connectivity index (χ4v) is 5.46. The molecule has 0 fully saturated rings. The van der Waals surface area contributed by atoms with Crippen molar-refractivity contribution in [1.29, 1.82) is 0 Å². The van der Waals surface area contributed by atoms with Gasteiger partial charge >= 0.3 is 0 Å². The van der Waals surface area contributed by atoms with Gasteiger partial charge in [0.25, 0.3) is 10.0 Å². The molecule has 2 amide bonds. The van der Waals surface area contributed by atoms with E-state index in [-0.39, 0.29) is 23.0 Å². The average Bonchev–Trinajstić information content (AvgIpc) is 2.90. The summed E-state index contributed by atoms with van der Waals surface area (Å²) in [5.41, 5.74) is 2.09. The molecule has 0 heterocycles. The molecule has 0 unspecified atom stereocenters. The molecule has 3 aromatic rings. The van der Waals surface area contributed by atoms with Gasteiger partial charge in [-0.25, -0.2) is 8.42 Å². The topological polar surface area (TPSA) is 96.0 Å². The van der Waals surface area contributed by atoms with Crippen LogP contribution >= 0.6 is 11.6 Å². The van der Waals surface area contributed by atoms with Gasteiger partial charge in [0.15, 0.2) is 0 Å². The number of hydrogen-bond donors (Lipinski definition) is 1. The van der Waals surface area contributed by atoms with Crippen LogP contribution in [0, 0.1) is 6.92 Å². The van der Waals surface area contributed by atoms with Crippen molar-refractivity contribution in [2.75, 3.05) is 24.5 Å². The van der Waals surface area contributed by atoms with Crippen molar-refractivity contribution in [1.82, 2.24) is 10.2 Å². The van der Waals surface area contributed by atoms with E-state index < -0.39 is 28.5 Å². The zero-order valence-corrected chi connectivity index (χ0v) is 23.4. The zero-order valence-electron chi connectivity index (χ0n) is 21.8. The lowest BCUT2D eigenvalue weighted by Crippen LogP contribution is -2.51. The fraction of sp³-hybridized carbons (Fsp3) is 0.286. The maximum atomic E-state index is 13.8. The van der Waals surface area contributed by atoms with Crippen molar-refractivity contribution >= 4 is 39.1 Å². The van der Waals surface area contributed by atoms with Gasteiger partial charge in [0.2, 0.25) is 11.8 Å². The lowest BCUT2D eigenvalue weighted by atomic mass is 10.1. The third-order valence-corrected chi connectivity index (χ3v) is 8.03. The van der Waals surface area contributed by atoms with Gasteiger partial charge in [0.05, 0.1) is 17.7 Å². The second-order valence-electron chi connectivity index (χ2n) is 8.74. The quantitative estimate of drug-likeness (QED) is 0.377. The third kappa shape index (κ3) is 7.05. The number of carbonyl (C=O) groups is 2. The van der Waals surface area contributed by atoms with Crippen LogP contribution in [0.25, 0.3) is 0 Å². The molecular weight excluding hydrogens is 526 g/mol. The SMILES string of the molecule is CCNC(=O)[C@H](C)N(Cc1cccc(C)c1)C(=O)CN(c1ccc(Cl)cc1)S(=O)(=O)c1ccc(OC)cc1. The largest absolute Gasteiger partial charge is 0.497 e. The van der Waals surface area contributed by atoms with Gasteiger partial charge in [0, 0.05) is 18.1 Å². The zero-order chi connectivity index (χ0) is 27.9. The summed E-state index contributed by atoms with van der Waals surface area (Å²) in [5, 5.41) is 3.17. The number of nitrogens with zero attached hydrogens (tertiary/aromatic N) is 2. The number of anilines is 1. The molecule has 1 atom stereocenters. The summed E-state index contributed by atoms with van der Waals surface area (Å²) < 4.78 is 33.8. The van der Waals surface area contributed by atoms with E-state index in [1.54, 1.807) is 26.0 Å². The first-order valence-corrected chi connectivity index (χ1v) is 13.9. The van der Waals surface area contributed by atoms with E-state index in [1.807, 2.05) is 31.2 Å². The standard InChI is InChI=1S/C28H32ClN3O5S/c1-5-30-28(34)21(3)31(18-22-8-6-7-20(2)17-22)27(33)19-32(24-11-9-23(29)10-12-24)38(35,36)26-15-13-25(37-4)14-16-26/h6-17,21H,5,18-19H2,1-4H3,(H,30,34)/t21-/m0/s1. The van der Waals surface area contributed by atoms with E-state index in [9.17, 15) is 18.0 Å². The Morgan fingerprint density at radius 2 is 1.68 bits per heavy atom. The fourth-order valence-electron chi connectivity index (χ4n) is 3.92. The predicted octanol–water partition coefficient (Wildman–Crippen LogP) is 4.41. The summed E-state index contributed by atoms with van der Waals surface area (Å²) in [7, 11) is -2.68. The molecule has 0 saturated heterocycles. The van der Waals surface area contributed by atoms with Gasteiger partial charge in [-0.05, 0) is 74.9 Å². The number of rotatable bonds is 11. The van der Waals surface area contributed by atoms with E-state index in [2.05, 4.69) is 5.32 Å². The summed E-state index contributed by atoms with van der Waals surface area (Å²) in [6.45, 7) is 5.37. The second kappa shape index (κ2) is 12.8. The Labute approximate surface area is 229 Å². The number of halogens is 1. The van der Waals surface area contributed by atoms with Gasteiger partial charge in [0.1, 0.15) is 18.3 Å². The molecule has 3 rings (SSSR count). The summed E-state index contributed by atoms with van der Waals surface area (Å²) >= 11 is 6.04. The minimum Gasteiger partial charge on any atom is -0.497 e. The van der Waals surface area contributed by atoms with E-state index in [4.69, 9.17) is 16.3 Å². The number of aryl methyl sites for hydroxylation is 1. The Morgan fingerprint density at radius 3 is 2.26 bits per heavy atom. The highest BCUT2D eigenvalue weighted by Gasteiger charge is 2.32. The summed E-state index contributed by atoms with van der Waals surface area (Å²) in [5.74, 6) is -0.361. The number of ether oxygens (including phenoxy) is 1. The Bertz CT molecular complexity index is 1360. The summed E-state index contributed by atoms with van der Waals surface area (Å²) in [6, 6.07) is 18.9. The molecule has 0 aliphatic carbocycles. The molecule has 0 spiro atoms. The number of likely N-dealkylation sites (N-methyl/N-ethyl adjacent to an activating group) is 1. The lowest BCUT2D eigenvalue weighted by Gasteiger charge is -2.32. The van der Waals surface area contributed by atoms with Crippen LogP contribution in [-0.2, 0) is 26.2 Å². The molecule has 3 aromatic carbocycles. The minimum absolute atomic E-state index is 0.0111. The summed E-state index contributed by atoms with van der Waals surface area (Å²) in [4.78, 5) is 27.9. The molecule has 38 heavy (non-hydrogen) atoms. The highest BCUT2D eigenvalue weighted by atomic mass is 35.5. The molecule has 0 aliphatic rings.